The van der Waals surface area contributed by atoms with Gasteiger partial charge in [-0.25, -0.2) is 13.1 Å². The van der Waals surface area contributed by atoms with Crippen molar-refractivity contribution < 1.29 is 8.42 Å². The fourth-order valence-corrected chi connectivity index (χ4v) is 5.04. The molecule has 0 spiro atoms. The van der Waals surface area contributed by atoms with Gasteiger partial charge in [0.05, 0.1) is 4.90 Å². The number of rotatable bonds is 4. The maximum absolute atomic E-state index is 12.5. The standard InChI is InChI=1S/C15H23BrN2O2S/c1-10-4-3-5-12(6-10)9-18-21(19,20)15-8-13(16)7-14(17)11(15)2/h7-8,10,12,18H,3-6,9,17H2,1-2H3. The van der Waals surface area contributed by atoms with Gasteiger partial charge in [0.25, 0.3) is 0 Å². The Labute approximate surface area is 135 Å². The van der Waals surface area contributed by atoms with E-state index in [0.717, 1.165) is 12.8 Å². The maximum atomic E-state index is 12.5. The van der Waals surface area contributed by atoms with E-state index in [1.807, 2.05) is 0 Å². The van der Waals surface area contributed by atoms with Crippen molar-refractivity contribution in [2.75, 3.05) is 12.3 Å². The summed E-state index contributed by atoms with van der Waals surface area (Å²) in [6.07, 6.45) is 4.65. The second-order valence-electron chi connectivity index (χ2n) is 6.11. The van der Waals surface area contributed by atoms with Crippen molar-refractivity contribution in [2.45, 2.75) is 44.4 Å². The van der Waals surface area contributed by atoms with Gasteiger partial charge in [0.15, 0.2) is 0 Å². The topological polar surface area (TPSA) is 72.2 Å². The monoisotopic (exact) mass is 374 g/mol. The minimum atomic E-state index is -3.51. The lowest BCUT2D eigenvalue weighted by atomic mass is 9.83. The molecule has 0 saturated heterocycles. The molecule has 0 radical (unpaired) electrons. The number of benzene rings is 1. The summed E-state index contributed by atoms with van der Waals surface area (Å²) in [6, 6.07) is 3.33. The molecule has 2 unspecified atom stereocenters. The lowest BCUT2D eigenvalue weighted by Gasteiger charge is -2.26. The molecule has 3 N–H and O–H groups in total. The summed E-state index contributed by atoms with van der Waals surface area (Å²) in [5.41, 5.74) is 6.94. The molecular formula is C15H23BrN2O2S. The van der Waals surface area contributed by atoms with Crippen molar-refractivity contribution in [3.8, 4) is 0 Å². The molecule has 1 aliphatic carbocycles. The van der Waals surface area contributed by atoms with Crippen LogP contribution < -0.4 is 10.5 Å². The van der Waals surface area contributed by atoms with Gasteiger partial charge in [-0.1, -0.05) is 35.7 Å². The highest BCUT2D eigenvalue weighted by Crippen LogP contribution is 2.29. The third kappa shape index (κ3) is 4.20. The summed E-state index contributed by atoms with van der Waals surface area (Å²) in [7, 11) is -3.51. The van der Waals surface area contributed by atoms with Crippen LogP contribution in [-0.4, -0.2) is 15.0 Å². The van der Waals surface area contributed by atoms with Crippen molar-refractivity contribution >= 4 is 31.6 Å². The van der Waals surface area contributed by atoms with E-state index in [0.29, 0.717) is 34.1 Å². The zero-order valence-electron chi connectivity index (χ0n) is 12.5. The molecule has 21 heavy (non-hydrogen) atoms. The van der Waals surface area contributed by atoms with Crippen LogP contribution in [-0.2, 0) is 10.0 Å². The highest BCUT2D eigenvalue weighted by molar-refractivity contribution is 9.10. The number of nitrogen functional groups attached to an aromatic ring is 1. The number of nitrogens with one attached hydrogen (secondary N) is 1. The molecule has 4 nitrogen and oxygen atoms in total. The predicted molar refractivity (Wildman–Crippen MR) is 89.6 cm³/mol. The van der Waals surface area contributed by atoms with Crippen LogP contribution in [0.25, 0.3) is 0 Å². The summed E-state index contributed by atoms with van der Waals surface area (Å²) in [4.78, 5) is 0.262. The molecule has 0 bridgehead atoms. The Morgan fingerprint density at radius 3 is 2.76 bits per heavy atom. The molecule has 0 aromatic heterocycles. The third-order valence-electron chi connectivity index (χ3n) is 4.26. The summed E-state index contributed by atoms with van der Waals surface area (Å²) >= 11 is 3.30. The molecule has 2 atom stereocenters. The molecule has 0 amide bonds. The number of hydrogen-bond acceptors (Lipinski definition) is 3. The van der Waals surface area contributed by atoms with Crippen molar-refractivity contribution in [2.24, 2.45) is 11.8 Å². The molecule has 1 aliphatic rings. The Bertz CT molecular complexity index is 616. The third-order valence-corrected chi connectivity index (χ3v) is 6.27. The van der Waals surface area contributed by atoms with Crippen LogP contribution >= 0.6 is 15.9 Å². The van der Waals surface area contributed by atoms with Gasteiger partial charge < -0.3 is 5.73 Å². The van der Waals surface area contributed by atoms with E-state index in [1.165, 1.54) is 12.8 Å². The highest BCUT2D eigenvalue weighted by Gasteiger charge is 2.23. The SMILES string of the molecule is Cc1c(N)cc(Br)cc1S(=O)(=O)NCC1CCCC(C)C1. The molecule has 0 aliphatic heterocycles. The van der Waals surface area contributed by atoms with Crippen LogP contribution in [0.2, 0.25) is 0 Å². The number of nitrogens with two attached hydrogens (primary N) is 1. The summed E-state index contributed by atoms with van der Waals surface area (Å²) in [6.45, 7) is 4.48. The molecule has 6 heteroatoms. The first-order valence-corrected chi connectivity index (χ1v) is 9.62. The normalized spacial score (nSPS) is 23.2. The van der Waals surface area contributed by atoms with Crippen LogP contribution in [0.5, 0.6) is 0 Å². The Morgan fingerprint density at radius 2 is 2.10 bits per heavy atom. The Balaban J connectivity index is 2.12. The fraction of sp³-hybridized carbons (Fsp3) is 0.600. The van der Waals surface area contributed by atoms with Crippen LogP contribution in [0.15, 0.2) is 21.5 Å². The van der Waals surface area contributed by atoms with E-state index in [-0.39, 0.29) is 4.90 Å². The van der Waals surface area contributed by atoms with Gasteiger partial charge >= 0.3 is 0 Å². The highest BCUT2D eigenvalue weighted by atomic mass is 79.9. The first-order chi connectivity index (χ1) is 9.79. The smallest absolute Gasteiger partial charge is 0.240 e. The van der Waals surface area contributed by atoms with Crippen molar-refractivity contribution in [3.63, 3.8) is 0 Å². The van der Waals surface area contributed by atoms with Crippen LogP contribution in [0.3, 0.4) is 0 Å². The van der Waals surface area contributed by atoms with Crippen LogP contribution in [0.4, 0.5) is 5.69 Å². The number of halogens is 1. The van der Waals surface area contributed by atoms with Gasteiger partial charge in [0.2, 0.25) is 10.0 Å². The molecule has 118 valence electrons. The number of anilines is 1. The van der Waals surface area contributed by atoms with Gasteiger partial charge in [-0.15, -0.1) is 0 Å². The van der Waals surface area contributed by atoms with Crippen LogP contribution in [0, 0.1) is 18.8 Å². The van der Waals surface area contributed by atoms with E-state index in [9.17, 15) is 8.42 Å². The number of hydrogen-bond donors (Lipinski definition) is 2. The van der Waals surface area contributed by atoms with Crippen LogP contribution in [0.1, 0.15) is 38.2 Å². The minimum Gasteiger partial charge on any atom is -0.398 e. The van der Waals surface area contributed by atoms with E-state index in [4.69, 9.17) is 5.73 Å². The quantitative estimate of drug-likeness (QED) is 0.792. The first kappa shape index (κ1) is 16.8. The second kappa shape index (κ2) is 6.67. The first-order valence-electron chi connectivity index (χ1n) is 7.35. The predicted octanol–water partition coefficient (Wildman–Crippen LogP) is 3.44. The van der Waals surface area contributed by atoms with Gasteiger partial charge in [0.1, 0.15) is 0 Å². The number of sulfonamides is 1. The molecule has 0 heterocycles. The molecular weight excluding hydrogens is 352 g/mol. The minimum absolute atomic E-state index is 0.262. The zero-order valence-corrected chi connectivity index (χ0v) is 14.9. The summed E-state index contributed by atoms with van der Waals surface area (Å²) < 4.78 is 28.4. The lowest BCUT2D eigenvalue weighted by molar-refractivity contribution is 0.283. The summed E-state index contributed by atoms with van der Waals surface area (Å²) in [5, 5.41) is 0. The molecule has 2 rings (SSSR count). The van der Waals surface area contributed by atoms with Gasteiger partial charge in [-0.2, -0.15) is 0 Å². The van der Waals surface area contributed by atoms with Crippen molar-refractivity contribution in [1.29, 1.82) is 0 Å². The molecule has 1 aromatic carbocycles. The average molecular weight is 375 g/mol. The van der Waals surface area contributed by atoms with Gasteiger partial charge in [-0.05, 0) is 49.3 Å². The Morgan fingerprint density at radius 1 is 1.38 bits per heavy atom. The van der Waals surface area contributed by atoms with Crippen molar-refractivity contribution in [3.05, 3.63) is 22.2 Å². The van der Waals surface area contributed by atoms with Gasteiger partial charge in [-0.3, -0.25) is 0 Å². The average Bonchev–Trinajstić information content (AvgIpc) is 2.41. The molecule has 1 saturated carbocycles. The Hall–Kier alpha value is -0.590. The van der Waals surface area contributed by atoms with Gasteiger partial charge in [0, 0.05) is 16.7 Å². The second-order valence-corrected chi connectivity index (χ2v) is 8.76. The zero-order chi connectivity index (χ0) is 15.6. The summed E-state index contributed by atoms with van der Waals surface area (Å²) in [5.74, 6) is 1.13. The largest absolute Gasteiger partial charge is 0.398 e. The van der Waals surface area contributed by atoms with E-state index < -0.39 is 10.0 Å². The lowest BCUT2D eigenvalue weighted by Crippen LogP contribution is -2.32. The Kier molecular flexibility index (Phi) is 5.33. The molecule has 1 aromatic rings. The maximum Gasteiger partial charge on any atom is 0.240 e. The van der Waals surface area contributed by atoms with E-state index >= 15 is 0 Å². The van der Waals surface area contributed by atoms with Crippen molar-refractivity contribution in [1.82, 2.24) is 4.72 Å². The van der Waals surface area contributed by atoms with E-state index in [2.05, 4.69) is 27.6 Å². The molecule has 1 fully saturated rings. The fourth-order valence-electron chi connectivity index (χ4n) is 3.00. The van der Waals surface area contributed by atoms with E-state index in [1.54, 1.807) is 19.1 Å².